The summed E-state index contributed by atoms with van der Waals surface area (Å²) in [5.74, 6) is -0.631. The average molecular weight is 303 g/mol. The van der Waals surface area contributed by atoms with Crippen molar-refractivity contribution in [2.45, 2.75) is 31.7 Å². The number of carboxylic acid groups (broad SMARTS) is 1. The van der Waals surface area contributed by atoms with Crippen LogP contribution >= 0.6 is 0 Å². The molecule has 2 aliphatic carbocycles. The zero-order chi connectivity index (χ0) is 15.7. The van der Waals surface area contributed by atoms with Crippen LogP contribution in [-0.4, -0.2) is 24.1 Å². The van der Waals surface area contributed by atoms with Crippen LogP contribution in [0.3, 0.4) is 0 Å². The fourth-order valence-corrected chi connectivity index (χ4v) is 3.08. The molecule has 5 heteroatoms. The first-order chi connectivity index (χ1) is 10.6. The number of carbonyl (C=O) groups is 2. The van der Waals surface area contributed by atoms with E-state index in [2.05, 4.69) is 5.32 Å². The molecule has 0 heterocycles. The fraction of sp³-hybridized carbons (Fsp3) is 0.529. The maximum atomic E-state index is 12.4. The summed E-state index contributed by atoms with van der Waals surface area (Å²) in [4.78, 5) is 23.5. The molecule has 2 fully saturated rings. The topological polar surface area (TPSA) is 75.6 Å². The molecule has 3 atom stereocenters. The van der Waals surface area contributed by atoms with E-state index in [-0.39, 0.29) is 17.9 Å². The van der Waals surface area contributed by atoms with Crippen LogP contribution in [0.2, 0.25) is 0 Å². The highest BCUT2D eigenvalue weighted by Crippen LogP contribution is 2.42. The van der Waals surface area contributed by atoms with Crippen LogP contribution in [0.4, 0.5) is 0 Å². The van der Waals surface area contributed by atoms with Crippen LogP contribution in [-0.2, 0) is 9.59 Å². The standard InChI is InChI=1S/C17H21NO4/c1-22-12-6-4-11(5-7-12)15(10-2-3-10)18-16(19)13-8-9-14(13)17(20)21/h4-7,10,13-15H,2-3,8-9H2,1H3,(H,18,19)(H,20,21). The Kier molecular flexibility index (Phi) is 4.05. The highest BCUT2D eigenvalue weighted by atomic mass is 16.5. The molecule has 5 nitrogen and oxygen atoms in total. The van der Waals surface area contributed by atoms with Gasteiger partial charge in [-0.1, -0.05) is 12.1 Å². The normalized spacial score (nSPS) is 25.0. The monoisotopic (exact) mass is 303 g/mol. The zero-order valence-corrected chi connectivity index (χ0v) is 12.6. The second-order valence-corrected chi connectivity index (χ2v) is 6.23. The summed E-state index contributed by atoms with van der Waals surface area (Å²) in [6, 6.07) is 7.70. The molecular weight excluding hydrogens is 282 g/mol. The van der Waals surface area contributed by atoms with Gasteiger partial charge in [0, 0.05) is 0 Å². The fourth-order valence-electron chi connectivity index (χ4n) is 3.08. The number of rotatable bonds is 6. The Morgan fingerprint density at radius 1 is 1.14 bits per heavy atom. The predicted octanol–water partition coefficient (Wildman–Crippen LogP) is 2.37. The molecule has 0 spiro atoms. The molecule has 0 aromatic heterocycles. The Bertz CT molecular complexity index is 565. The number of hydrogen-bond donors (Lipinski definition) is 2. The number of carbonyl (C=O) groups excluding carboxylic acids is 1. The third-order valence-electron chi connectivity index (χ3n) is 4.79. The molecule has 0 aliphatic heterocycles. The number of benzene rings is 1. The van der Waals surface area contributed by atoms with Gasteiger partial charge in [0.15, 0.2) is 0 Å². The maximum Gasteiger partial charge on any atom is 0.307 e. The Morgan fingerprint density at radius 2 is 1.77 bits per heavy atom. The molecule has 0 radical (unpaired) electrons. The summed E-state index contributed by atoms with van der Waals surface area (Å²) in [7, 11) is 1.62. The Labute approximate surface area is 129 Å². The van der Waals surface area contributed by atoms with E-state index in [1.54, 1.807) is 7.11 Å². The Morgan fingerprint density at radius 3 is 2.23 bits per heavy atom. The number of amides is 1. The average Bonchev–Trinajstić information content (AvgIpc) is 3.27. The summed E-state index contributed by atoms with van der Waals surface area (Å²) >= 11 is 0. The lowest BCUT2D eigenvalue weighted by atomic mass is 9.73. The minimum atomic E-state index is -0.862. The molecule has 1 aromatic rings. The van der Waals surface area contributed by atoms with Crippen molar-refractivity contribution in [1.29, 1.82) is 0 Å². The first kappa shape index (κ1) is 14.9. The molecule has 0 saturated heterocycles. The number of methoxy groups -OCH3 is 1. The van der Waals surface area contributed by atoms with Crippen molar-refractivity contribution in [2.24, 2.45) is 17.8 Å². The zero-order valence-electron chi connectivity index (χ0n) is 12.6. The molecule has 2 saturated carbocycles. The lowest BCUT2D eigenvalue weighted by Gasteiger charge is -2.33. The smallest absolute Gasteiger partial charge is 0.307 e. The highest BCUT2D eigenvalue weighted by molar-refractivity contribution is 5.86. The molecule has 3 unspecified atom stereocenters. The first-order valence-corrected chi connectivity index (χ1v) is 7.77. The molecule has 1 amide bonds. The van der Waals surface area contributed by atoms with E-state index in [1.807, 2.05) is 24.3 Å². The van der Waals surface area contributed by atoms with Crippen LogP contribution in [0.15, 0.2) is 24.3 Å². The quantitative estimate of drug-likeness (QED) is 0.846. The van der Waals surface area contributed by atoms with E-state index in [0.29, 0.717) is 18.8 Å². The molecule has 1 aromatic carbocycles. The molecule has 2 N–H and O–H groups in total. The minimum Gasteiger partial charge on any atom is -0.497 e. The van der Waals surface area contributed by atoms with Crippen LogP contribution in [0.5, 0.6) is 5.75 Å². The van der Waals surface area contributed by atoms with E-state index in [1.165, 1.54) is 0 Å². The molecule has 2 aliphatic rings. The third-order valence-corrected chi connectivity index (χ3v) is 4.79. The largest absolute Gasteiger partial charge is 0.497 e. The highest BCUT2D eigenvalue weighted by Gasteiger charge is 2.43. The van der Waals surface area contributed by atoms with Crippen molar-refractivity contribution >= 4 is 11.9 Å². The maximum absolute atomic E-state index is 12.4. The summed E-state index contributed by atoms with van der Waals surface area (Å²) in [5, 5.41) is 12.2. The van der Waals surface area contributed by atoms with Gasteiger partial charge >= 0.3 is 5.97 Å². The van der Waals surface area contributed by atoms with Gasteiger partial charge in [0.2, 0.25) is 5.91 Å². The van der Waals surface area contributed by atoms with E-state index < -0.39 is 11.9 Å². The van der Waals surface area contributed by atoms with Crippen LogP contribution in [0, 0.1) is 17.8 Å². The van der Waals surface area contributed by atoms with Gasteiger partial charge in [-0.05, 0) is 49.3 Å². The van der Waals surface area contributed by atoms with E-state index in [4.69, 9.17) is 9.84 Å². The number of carboxylic acids is 1. The SMILES string of the molecule is COc1ccc(C(NC(=O)C2CCC2C(=O)O)C2CC2)cc1. The molecule has 22 heavy (non-hydrogen) atoms. The number of nitrogens with one attached hydrogen (secondary N) is 1. The van der Waals surface area contributed by atoms with Crippen molar-refractivity contribution in [3.05, 3.63) is 29.8 Å². The number of aliphatic carboxylic acids is 1. The van der Waals surface area contributed by atoms with Crippen LogP contribution in [0.25, 0.3) is 0 Å². The van der Waals surface area contributed by atoms with Crippen LogP contribution < -0.4 is 10.1 Å². The minimum absolute atomic E-state index is 0.0200. The summed E-state index contributed by atoms with van der Waals surface area (Å²) in [6.45, 7) is 0. The molecule has 0 bridgehead atoms. The first-order valence-electron chi connectivity index (χ1n) is 7.77. The number of hydrogen-bond acceptors (Lipinski definition) is 3. The van der Waals surface area contributed by atoms with Gasteiger partial charge in [-0.15, -0.1) is 0 Å². The second kappa shape index (κ2) is 5.99. The Hall–Kier alpha value is -2.04. The molecule has 118 valence electrons. The van der Waals surface area contributed by atoms with E-state index >= 15 is 0 Å². The number of ether oxygens (including phenoxy) is 1. The lowest BCUT2D eigenvalue weighted by Crippen LogP contribution is -2.45. The van der Waals surface area contributed by atoms with Gasteiger partial charge in [-0.2, -0.15) is 0 Å². The summed E-state index contributed by atoms with van der Waals surface area (Å²) < 4.78 is 5.16. The van der Waals surface area contributed by atoms with Gasteiger partial charge in [-0.25, -0.2) is 0 Å². The predicted molar refractivity (Wildman–Crippen MR) is 80.5 cm³/mol. The summed E-state index contributed by atoms with van der Waals surface area (Å²) in [6.07, 6.45) is 3.47. The van der Waals surface area contributed by atoms with Gasteiger partial charge in [0.25, 0.3) is 0 Å². The van der Waals surface area contributed by atoms with Crippen LogP contribution in [0.1, 0.15) is 37.3 Å². The Balaban J connectivity index is 1.69. The molecular formula is C17H21NO4. The second-order valence-electron chi connectivity index (χ2n) is 6.23. The van der Waals surface area contributed by atoms with Crippen molar-refractivity contribution in [3.8, 4) is 5.75 Å². The van der Waals surface area contributed by atoms with Gasteiger partial charge in [0.1, 0.15) is 5.75 Å². The van der Waals surface area contributed by atoms with E-state index in [0.717, 1.165) is 24.2 Å². The van der Waals surface area contributed by atoms with Crippen molar-refractivity contribution in [2.75, 3.05) is 7.11 Å². The van der Waals surface area contributed by atoms with Gasteiger partial charge < -0.3 is 15.2 Å². The van der Waals surface area contributed by atoms with Crippen molar-refractivity contribution in [3.63, 3.8) is 0 Å². The van der Waals surface area contributed by atoms with E-state index in [9.17, 15) is 9.59 Å². The third kappa shape index (κ3) is 2.93. The van der Waals surface area contributed by atoms with Crippen molar-refractivity contribution in [1.82, 2.24) is 5.32 Å². The van der Waals surface area contributed by atoms with Gasteiger partial charge in [0.05, 0.1) is 25.0 Å². The molecule has 3 rings (SSSR count). The van der Waals surface area contributed by atoms with Crippen molar-refractivity contribution < 1.29 is 19.4 Å². The summed E-state index contributed by atoms with van der Waals surface area (Å²) in [5.41, 5.74) is 1.06. The lowest BCUT2D eigenvalue weighted by molar-refractivity contribution is -0.153. The van der Waals surface area contributed by atoms with Gasteiger partial charge in [-0.3, -0.25) is 9.59 Å².